The number of rotatable bonds is 7. The van der Waals surface area contributed by atoms with Crippen LogP contribution in [0.5, 0.6) is 5.75 Å². The Morgan fingerprint density at radius 1 is 1.37 bits per heavy atom. The molecule has 0 unspecified atom stereocenters. The zero-order valence-corrected chi connectivity index (χ0v) is 12.2. The molecule has 1 aromatic rings. The van der Waals surface area contributed by atoms with Crippen LogP contribution in [-0.4, -0.2) is 42.1 Å². The highest BCUT2D eigenvalue weighted by Gasteiger charge is 2.10. The summed E-state index contributed by atoms with van der Waals surface area (Å²) in [5.74, 6) is -0.429. The van der Waals surface area contributed by atoms with Gasteiger partial charge in [0.1, 0.15) is 5.75 Å². The Morgan fingerprint density at radius 2 is 2.05 bits per heavy atom. The van der Waals surface area contributed by atoms with Crippen molar-refractivity contribution in [3.8, 4) is 5.75 Å². The average molecular weight is 330 g/mol. The minimum atomic E-state index is -0.856. The van der Waals surface area contributed by atoms with Gasteiger partial charge in [-0.15, -0.1) is 0 Å². The molecule has 0 atom stereocenters. The summed E-state index contributed by atoms with van der Waals surface area (Å²) in [6, 6.07) is 7.27. The fourth-order valence-electron chi connectivity index (χ4n) is 1.40. The predicted octanol–water partition coefficient (Wildman–Crippen LogP) is 2.15. The highest BCUT2D eigenvalue weighted by molar-refractivity contribution is 9.10. The lowest BCUT2D eigenvalue weighted by molar-refractivity contribution is -0.138. The molecule has 0 saturated heterocycles. The van der Waals surface area contributed by atoms with Gasteiger partial charge in [-0.25, -0.2) is 0 Å². The Bertz CT molecular complexity index is 450. The minimum absolute atomic E-state index is 0.0582. The summed E-state index contributed by atoms with van der Waals surface area (Å²) < 4.78 is 6.18. The number of hydrogen-bond acceptors (Lipinski definition) is 3. The molecule has 1 N–H and O–H groups in total. The quantitative estimate of drug-likeness (QED) is 0.832. The third-order valence-electron chi connectivity index (χ3n) is 2.50. The van der Waals surface area contributed by atoms with Gasteiger partial charge in [0.05, 0.1) is 4.47 Å². The second-order valence-electron chi connectivity index (χ2n) is 4.03. The first-order valence-electron chi connectivity index (χ1n) is 5.84. The monoisotopic (exact) mass is 329 g/mol. The summed E-state index contributed by atoms with van der Waals surface area (Å²) in [5.41, 5.74) is 0. The molecule has 1 amide bonds. The smallest absolute Gasteiger partial charge is 0.303 e. The van der Waals surface area contributed by atoms with E-state index in [1.54, 1.807) is 13.1 Å². The molecule has 104 valence electrons. The highest BCUT2D eigenvalue weighted by Crippen LogP contribution is 2.23. The van der Waals surface area contributed by atoms with Crippen LogP contribution in [0.1, 0.15) is 12.8 Å². The topological polar surface area (TPSA) is 66.8 Å². The number of halogens is 1. The first kappa shape index (κ1) is 15.5. The number of aliphatic carboxylic acids is 1. The molecule has 0 saturated carbocycles. The predicted molar refractivity (Wildman–Crippen MR) is 74.1 cm³/mol. The van der Waals surface area contributed by atoms with Gasteiger partial charge in [0, 0.05) is 20.0 Å². The summed E-state index contributed by atoms with van der Waals surface area (Å²) in [5, 5.41) is 8.51. The van der Waals surface area contributed by atoms with Crippen LogP contribution in [0.15, 0.2) is 28.7 Å². The number of benzene rings is 1. The maximum Gasteiger partial charge on any atom is 0.303 e. The van der Waals surface area contributed by atoms with E-state index in [9.17, 15) is 9.59 Å². The van der Waals surface area contributed by atoms with Crippen LogP contribution in [0.3, 0.4) is 0 Å². The summed E-state index contributed by atoms with van der Waals surface area (Å²) in [6.07, 6.45) is 0.495. The van der Waals surface area contributed by atoms with E-state index in [4.69, 9.17) is 9.84 Å². The lowest BCUT2D eigenvalue weighted by atomic mass is 10.3. The molecule has 0 aromatic heterocycles. The Labute approximate surface area is 120 Å². The fourth-order valence-corrected chi connectivity index (χ4v) is 1.80. The Kier molecular flexibility index (Phi) is 6.35. The number of para-hydroxylation sites is 1. The molecule has 0 aliphatic rings. The van der Waals surface area contributed by atoms with Gasteiger partial charge >= 0.3 is 5.97 Å². The first-order chi connectivity index (χ1) is 9.00. The lowest BCUT2D eigenvalue weighted by Crippen LogP contribution is -2.32. The van der Waals surface area contributed by atoms with Crippen LogP contribution < -0.4 is 4.74 Å². The van der Waals surface area contributed by atoms with E-state index in [1.165, 1.54) is 4.90 Å². The van der Waals surface area contributed by atoms with Crippen LogP contribution in [0.25, 0.3) is 0 Å². The molecule has 1 aromatic carbocycles. The molecule has 5 nitrogen and oxygen atoms in total. The van der Waals surface area contributed by atoms with Crippen LogP contribution in [0.2, 0.25) is 0 Å². The Hall–Kier alpha value is -1.56. The first-order valence-corrected chi connectivity index (χ1v) is 6.63. The number of amides is 1. The SMILES string of the molecule is CN(CCCC(=O)O)C(=O)COc1ccccc1Br. The van der Waals surface area contributed by atoms with Crippen LogP contribution in [0, 0.1) is 0 Å². The largest absolute Gasteiger partial charge is 0.483 e. The average Bonchev–Trinajstić information content (AvgIpc) is 2.36. The highest BCUT2D eigenvalue weighted by atomic mass is 79.9. The molecule has 0 aliphatic carbocycles. The van der Waals surface area contributed by atoms with E-state index in [-0.39, 0.29) is 18.9 Å². The summed E-state index contributed by atoms with van der Waals surface area (Å²) in [7, 11) is 1.63. The van der Waals surface area contributed by atoms with Crippen LogP contribution >= 0.6 is 15.9 Å². The number of carboxylic acids is 1. The van der Waals surface area contributed by atoms with E-state index in [0.29, 0.717) is 18.7 Å². The van der Waals surface area contributed by atoms with Gasteiger partial charge in [-0.05, 0) is 34.5 Å². The molecule has 0 radical (unpaired) electrons. The van der Waals surface area contributed by atoms with Crippen molar-refractivity contribution in [2.75, 3.05) is 20.2 Å². The summed E-state index contributed by atoms with van der Waals surface area (Å²) >= 11 is 3.33. The van der Waals surface area contributed by atoms with E-state index in [1.807, 2.05) is 18.2 Å². The van der Waals surface area contributed by atoms with Crippen LogP contribution in [-0.2, 0) is 9.59 Å². The molecule has 0 bridgehead atoms. The zero-order chi connectivity index (χ0) is 14.3. The Morgan fingerprint density at radius 3 is 2.68 bits per heavy atom. The van der Waals surface area contributed by atoms with Gasteiger partial charge in [0.15, 0.2) is 6.61 Å². The van der Waals surface area contributed by atoms with E-state index >= 15 is 0 Å². The minimum Gasteiger partial charge on any atom is -0.483 e. The number of ether oxygens (including phenoxy) is 1. The normalized spacial score (nSPS) is 10.0. The van der Waals surface area contributed by atoms with Gasteiger partial charge in [0.2, 0.25) is 0 Å². The Balaban J connectivity index is 2.34. The van der Waals surface area contributed by atoms with E-state index < -0.39 is 5.97 Å². The van der Waals surface area contributed by atoms with E-state index in [0.717, 1.165) is 4.47 Å². The number of nitrogens with zero attached hydrogens (tertiary/aromatic N) is 1. The summed E-state index contributed by atoms with van der Waals surface area (Å²) in [6.45, 7) is 0.344. The second-order valence-corrected chi connectivity index (χ2v) is 4.89. The van der Waals surface area contributed by atoms with Crippen molar-refractivity contribution in [1.82, 2.24) is 4.90 Å². The fraction of sp³-hybridized carbons (Fsp3) is 0.385. The number of hydrogen-bond donors (Lipinski definition) is 1. The molecule has 0 spiro atoms. The van der Waals surface area contributed by atoms with Crippen molar-refractivity contribution >= 4 is 27.8 Å². The van der Waals surface area contributed by atoms with Gasteiger partial charge in [-0.1, -0.05) is 12.1 Å². The van der Waals surface area contributed by atoms with Crippen molar-refractivity contribution in [1.29, 1.82) is 0 Å². The van der Waals surface area contributed by atoms with Crippen molar-refractivity contribution in [2.45, 2.75) is 12.8 Å². The summed E-state index contributed by atoms with van der Waals surface area (Å²) in [4.78, 5) is 23.6. The number of carboxylic acid groups (broad SMARTS) is 1. The van der Waals surface area contributed by atoms with Gasteiger partial charge < -0.3 is 14.7 Å². The zero-order valence-electron chi connectivity index (χ0n) is 10.6. The van der Waals surface area contributed by atoms with Crippen molar-refractivity contribution in [3.05, 3.63) is 28.7 Å². The maximum absolute atomic E-state index is 11.7. The number of carbonyl (C=O) groups is 2. The molecular formula is C13H16BrNO4. The molecular weight excluding hydrogens is 314 g/mol. The second kappa shape index (κ2) is 7.78. The third-order valence-corrected chi connectivity index (χ3v) is 3.15. The number of likely N-dealkylation sites (N-methyl/N-ethyl adjacent to an activating group) is 1. The molecule has 0 heterocycles. The maximum atomic E-state index is 11.7. The van der Waals surface area contributed by atoms with Crippen LogP contribution in [0.4, 0.5) is 0 Å². The molecule has 0 fully saturated rings. The molecule has 6 heteroatoms. The number of carbonyl (C=O) groups excluding carboxylic acids is 1. The molecule has 0 aliphatic heterocycles. The standard InChI is InChI=1S/C13H16BrNO4/c1-15(8-4-7-13(17)18)12(16)9-19-11-6-3-2-5-10(11)14/h2-3,5-6H,4,7-9H2,1H3,(H,17,18). The lowest BCUT2D eigenvalue weighted by Gasteiger charge is -2.17. The third kappa shape index (κ3) is 5.74. The van der Waals surface area contributed by atoms with Gasteiger partial charge in [-0.3, -0.25) is 9.59 Å². The van der Waals surface area contributed by atoms with Crippen molar-refractivity contribution < 1.29 is 19.4 Å². The van der Waals surface area contributed by atoms with Gasteiger partial charge in [-0.2, -0.15) is 0 Å². The molecule has 19 heavy (non-hydrogen) atoms. The van der Waals surface area contributed by atoms with Crippen molar-refractivity contribution in [2.24, 2.45) is 0 Å². The van der Waals surface area contributed by atoms with Crippen molar-refractivity contribution in [3.63, 3.8) is 0 Å². The molecule has 1 rings (SSSR count). The van der Waals surface area contributed by atoms with Gasteiger partial charge in [0.25, 0.3) is 5.91 Å². The van der Waals surface area contributed by atoms with E-state index in [2.05, 4.69) is 15.9 Å².